The zero-order valence-corrected chi connectivity index (χ0v) is 10.5. The van der Waals surface area contributed by atoms with Crippen LogP contribution in [-0.4, -0.2) is 23.5 Å². The van der Waals surface area contributed by atoms with Crippen molar-refractivity contribution >= 4 is 23.4 Å². The summed E-state index contributed by atoms with van der Waals surface area (Å²) in [5.41, 5.74) is -6.84. The van der Waals surface area contributed by atoms with Gasteiger partial charge in [0.25, 0.3) is 5.69 Å². The Morgan fingerprint density at radius 2 is 2.10 bits per heavy atom. The first kappa shape index (κ1) is 15.8. The third-order valence-electron chi connectivity index (χ3n) is 2.04. The molecule has 0 unspecified atom stereocenters. The molecule has 1 aromatic carbocycles. The fraction of sp³-hybridized carbons (Fsp3) is 0.200. The van der Waals surface area contributed by atoms with E-state index in [9.17, 15) is 28.1 Å². The SMILES string of the molecule is COC(=O)c1cc(SC(F)(F)F)c(C#N)c([N+](=O)[O-])c1. The van der Waals surface area contributed by atoms with Gasteiger partial charge in [-0.3, -0.25) is 10.1 Å². The normalized spacial score (nSPS) is 10.8. The summed E-state index contributed by atoms with van der Waals surface area (Å²) >= 11 is -0.709. The Balaban J connectivity index is 3.54. The lowest BCUT2D eigenvalue weighted by Crippen LogP contribution is -2.07. The van der Waals surface area contributed by atoms with Gasteiger partial charge in [-0.05, 0) is 17.8 Å². The van der Waals surface area contributed by atoms with Gasteiger partial charge in [-0.1, -0.05) is 0 Å². The molecule has 0 aliphatic rings. The predicted molar refractivity (Wildman–Crippen MR) is 61.1 cm³/mol. The molecular weight excluding hydrogens is 301 g/mol. The van der Waals surface area contributed by atoms with E-state index in [1.54, 1.807) is 0 Å². The van der Waals surface area contributed by atoms with E-state index in [2.05, 4.69) is 4.74 Å². The molecule has 1 aromatic rings. The first-order valence-electron chi connectivity index (χ1n) is 4.76. The summed E-state index contributed by atoms with van der Waals surface area (Å²) in [6.45, 7) is 0. The molecule has 0 saturated heterocycles. The number of alkyl halides is 3. The van der Waals surface area contributed by atoms with E-state index in [1.165, 1.54) is 6.07 Å². The third-order valence-corrected chi connectivity index (χ3v) is 2.81. The number of esters is 1. The molecule has 0 fully saturated rings. The Morgan fingerprint density at radius 3 is 2.50 bits per heavy atom. The average molecular weight is 306 g/mol. The fourth-order valence-electron chi connectivity index (χ4n) is 1.30. The van der Waals surface area contributed by atoms with Crippen LogP contribution in [0.25, 0.3) is 0 Å². The van der Waals surface area contributed by atoms with Gasteiger partial charge in [0.15, 0.2) is 0 Å². The molecule has 10 heteroatoms. The highest BCUT2D eigenvalue weighted by Crippen LogP contribution is 2.41. The molecule has 0 N–H and O–H groups in total. The van der Waals surface area contributed by atoms with Crippen LogP contribution in [0.1, 0.15) is 15.9 Å². The third kappa shape index (κ3) is 3.61. The number of thioether (sulfide) groups is 1. The molecule has 6 nitrogen and oxygen atoms in total. The highest BCUT2D eigenvalue weighted by molar-refractivity contribution is 8.00. The second-order valence-electron chi connectivity index (χ2n) is 3.28. The van der Waals surface area contributed by atoms with Crippen molar-refractivity contribution in [2.75, 3.05) is 7.11 Å². The van der Waals surface area contributed by atoms with Gasteiger partial charge >= 0.3 is 11.5 Å². The smallest absolute Gasteiger partial charge is 0.446 e. The topological polar surface area (TPSA) is 93.2 Å². The minimum Gasteiger partial charge on any atom is -0.465 e. The van der Waals surface area contributed by atoms with Gasteiger partial charge < -0.3 is 4.74 Å². The maximum absolute atomic E-state index is 12.4. The van der Waals surface area contributed by atoms with Crippen LogP contribution in [0.5, 0.6) is 0 Å². The number of nitrogens with zero attached hydrogens (tertiary/aromatic N) is 2. The molecule has 0 saturated carbocycles. The van der Waals surface area contributed by atoms with Crippen molar-refractivity contribution in [1.29, 1.82) is 5.26 Å². The minimum absolute atomic E-state index is 0.440. The van der Waals surface area contributed by atoms with E-state index >= 15 is 0 Å². The van der Waals surface area contributed by atoms with Crippen molar-refractivity contribution in [2.24, 2.45) is 0 Å². The van der Waals surface area contributed by atoms with Crippen LogP contribution in [0.3, 0.4) is 0 Å². The van der Waals surface area contributed by atoms with E-state index in [1.807, 2.05) is 0 Å². The van der Waals surface area contributed by atoms with Crippen molar-refractivity contribution in [3.8, 4) is 6.07 Å². The monoisotopic (exact) mass is 306 g/mol. The van der Waals surface area contributed by atoms with E-state index in [-0.39, 0.29) is 0 Å². The number of carbonyl (C=O) groups excluding carboxylic acids is 1. The lowest BCUT2D eigenvalue weighted by molar-refractivity contribution is -0.385. The van der Waals surface area contributed by atoms with Crippen molar-refractivity contribution in [3.63, 3.8) is 0 Å². The lowest BCUT2D eigenvalue weighted by Gasteiger charge is -2.09. The molecule has 0 bridgehead atoms. The zero-order valence-electron chi connectivity index (χ0n) is 9.72. The summed E-state index contributed by atoms with van der Waals surface area (Å²) in [5.74, 6) is -1.04. The number of hydrogen-bond donors (Lipinski definition) is 0. The first-order chi connectivity index (χ1) is 9.19. The number of nitriles is 1. The highest BCUT2D eigenvalue weighted by atomic mass is 32.2. The van der Waals surface area contributed by atoms with Gasteiger partial charge in [-0.2, -0.15) is 18.4 Å². The molecule has 0 amide bonds. The second-order valence-corrected chi connectivity index (χ2v) is 4.38. The second kappa shape index (κ2) is 5.79. The first-order valence-corrected chi connectivity index (χ1v) is 5.58. The number of benzene rings is 1. The zero-order chi connectivity index (χ0) is 15.5. The Kier molecular flexibility index (Phi) is 4.57. The molecule has 106 valence electrons. The van der Waals surface area contributed by atoms with Crippen molar-refractivity contribution in [2.45, 2.75) is 10.4 Å². The summed E-state index contributed by atoms with van der Waals surface area (Å²) in [4.78, 5) is 20.3. The van der Waals surface area contributed by atoms with Gasteiger partial charge in [-0.15, -0.1) is 0 Å². The summed E-state index contributed by atoms with van der Waals surface area (Å²) in [5, 5.41) is 19.6. The van der Waals surface area contributed by atoms with Crippen LogP contribution < -0.4 is 0 Å². The van der Waals surface area contributed by atoms with E-state index in [0.717, 1.165) is 13.2 Å². The predicted octanol–water partition coefficient (Wildman–Crippen LogP) is 2.86. The Bertz CT molecular complexity index is 610. The summed E-state index contributed by atoms with van der Waals surface area (Å²) in [6.07, 6.45) is 0. The maximum atomic E-state index is 12.4. The quantitative estimate of drug-likeness (QED) is 0.369. The Morgan fingerprint density at radius 1 is 1.50 bits per heavy atom. The lowest BCUT2D eigenvalue weighted by atomic mass is 10.1. The summed E-state index contributed by atoms with van der Waals surface area (Å²) in [7, 11) is 0.975. The van der Waals surface area contributed by atoms with Crippen LogP contribution >= 0.6 is 11.8 Å². The molecule has 0 aliphatic heterocycles. The number of rotatable bonds is 3. The largest absolute Gasteiger partial charge is 0.465 e. The van der Waals surface area contributed by atoms with Crippen LogP contribution in [-0.2, 0) is 4.74 Å². The van der Waals surface area contributed by atoms with Crippen LogP contribution in [0.2, 0.25) is 0 Å². The molecule has 0 atom stereocenters. The number of nitro benzene ring substituents is 1. The number of halogens is 3. The average Bonchev–Trinajstić information content (AvgIpc) is 2.34. The van der Waals surface area contributed by atoms with Gasteiger partial charge in [-0.25, -0.2) is 4.79 Å². The number of ether oxygens (including phenoxy) is 1. The maximum Gasteiger partial charge on any atom is 0.446 e. The Labute approximate surface area is 114 Å². The number of hydrogen-bond acceptors (Lipinski definition) is 6. The van der Waals surface area contributed by atoms with Gasteiger partial charge in [0.1, 0.15) is 11.6 Å². The number of carbonyl (C=O) groups is 1. The van der Waals surface area contributed by atoms with Crippen molar-refractivity contribution < 1.29 is 27.6 Å². The van der Waals surface area contributed by atoms with Gasteiger partial charge in [0.05, 0.1) is 17.6 Å². The summed E-state index contributed by atoms with van der Waals surface area (Å²) < 4.78 is 41.4. The fourth-order valence-corrected chi connectivity index (χ4v) is 1.99. The van der Waals surface area contributed by atoms with Crippen molar-refractivity contribution in [3.05, 3.63) is 33.4 Å². The van der Waals surface area contributed by atoms with E-state index < -0.39 is 49.9 Å². The molecule has 0 heterocycles. The molecule has 20 heavy (non-hydrogen) atoms. The molecular formula is C10H5F3N2O4S. The van der Waals surface area contributed by atoms with E-state index in [4.69, 9.17) is 5.26 Å². The van der Waals surface area contributed by atoms with Crippen molar-refractivity contribution in [1.82, 2.24) is 0 Å². The molecule has 0 spiro atoms. The minimum atomic E-state index is -4.76. The standard InChI is InChI=1S/C10H5F3N2O4S/c1-19-9(16)5-2-7(15(17)18)6(4-14)8(3-5)20-10(11,12)13/h2-3H,1H3. The molecule has 0 aromatic heterocycles. The number of nitro groups is 1. The van der Waals surface area contributed by atoms with Crippen LogP contribution in [0.15, 0.2) is 17.0 Å². The van der Waals surface area contributed by atoms with Crippen LogP contribution in [0, 0.1) is 21.4 Å². The molecule has 0 radical (unpaired) electrons. The highest BCUT2D eigenvalue weighted by Gasteiger charge is 2.33. The molecule has 0 aliphatic carbocycles. The van der Waals surface area contributed by atoms with E-state index in [0.29, 0.717) is 6.07 Å². The van der Waals surface area contributed by atoms with Gasteiger partial charge in [0.2, 0.25) is 0 Å². The van der Waals surface area contributed by atoms with Gasteiger partial charge in [0, 0.05) is 11.0 Å². The molecule has 1 rings (SSSR count). The number of methoxy groups -OCH3 is 1. The Hall–Kier alpha value is -2.28. The van der Waals surface area contributed by atoms with Crippen LogP contribution in [0.4, 0.5) is 18.9 Å². The summed E-state index contributed by atoms with van der Waals surface area (Å²) in [6, 6.07) is 2.77.